The number of carbonyl (C=O) groups excluding carboxylic acids is 2. The number of rotatable bonds is 5. The number of anilines is 1. The third kappa shape index (κ3) is 4.27. The molecule has 0 aromatic heterocycles. The SMILES string of the molecule is CC(=O)Nc1cccc([C@@H](C)NC(=O)C2(c3ccc(C(C)(C)C)cc3)CC2)c1. The molecule has 2 aromatic carbocycles. The summed E-state index contributed by atoms with van der Waals surface area (Å²) in [7, 11) is 0. The smallest absolute Gasteiger partial charge is 0.231 e. The van der Waals surface area contributed by atoms with E-state index in [0.29, 0.717) is 0 Å². The van der Waals surface area contributed by atoms with Gasteiger partial charge in [-0.05, 0) is 54.0 Å². The molecule has 4 nitrogen and oxygen atoms in total. The Hall–Kier alpha value is -2.62. The summed E-state index contributed by atoms with van der Waals surface area (Å²) in [6.07, 6.45) is 1.76. The van der Waals surface area contributed by atoms with Crippen molar-refractivity contribution in [1.82, 2.24) is 5.32 Å². The Bertz CT molecular complexity index is 874. The summed E-state index contributed by atoms with van der Waals surface area (Å²) in [6.45, 7) is 10.0. The van der Waals surface area contributed by atoms with Crippen LogP contribution in [0.4, 0.5) is 5.69 Å². The number of hydrogen-bond acceptors (Lipinski definition) is 2. The van der Waals surface area contributed by atoms with Crippen LogP contribution in [0.25, 0.3) is 0 Å². The molecule has 0 radical (unpaired) electrons. The van der Waals surface area contributed by atoms with Gasteiger partial charge in [0.25, 0.3) is 0 Å². The van der Waals surface area contributed by atoms with Crippen molar-refractivity contribution in [2.45, 2.75) is 64.3 Å². The van der Waals surface area contributed by atoms with E-state index in [1.54, 1.807) is 0 Å². The average molecular weight is 379 g/mol. The Morgan fingerprint density at radius 2 is 1.68 bits per heavy atom. The van der Waals surface area contributed by atoms with Crippen LogP contribution in [-0.4, -0.2) is 11.8 Å². The van der Waals surface area contributed by atoms with Gasteiger partial charge in [-0.3, -0.25) is 9.59 Å². The maximum Gasteiger partial charge on any atom is 0.231 e. The number of nitrogens with one attached hydrogen (secondary N) is 2. The van der Waals surface area contributed by atoms with Gasteiger partial charge < -0.3 is 10.6 Å². The van der Waals surface area contributed by atoms with Gasteiger partial charge in [-0.15, -0.1) is 0 Å². The normalized spacial score (nSPS) is 16.2. The zero-order chi connectivity index (χ0) is 20.5. The second-order valence-corrected chi connectivity index (χ2v) is 8.91. The van der Waals surface area contributed by atoms with Gasteiger partial charge in [0, 0.05) is 12.6 Å². The summed E-state index contributed by atoms with van der Waals surface area (Å²) in [5.41, 5.74) is 3.78. The molecular formula is C24H30N2O2. The number of benzene rings is 2. The van der Waals surface area contributed by atoms with E-state index in [0.717, 1.165) is 29.7 Å². The minimum atomic E-state index is -0.403. The molecule has 1 fully saturated rings. The zero-order valence-corrected chi connectivity index (χ0v) is 17.4. The lowest BCUT2D eigenvalue weighted by molar-refractivity contribution is -0.124. The standard InChI is InChI=1S/C24H30N2O2/c1-16(18-7-6-8-21(15-18)26-17(2)27)25-22(28)24(13-14-24)20-11-9-19(10-12-20)23(3,4)5/h6-12,15-16H,13-14H2,1-5H3,(H,25,28)(H,26,27)/t16-/m1/s1. The van der Waals surface area contributed by atoms with Crippen LogP contribution in [0.2, 0.25) is 0 Å². The minimum absolute atomic E-state index is 0.0773. The minimum Gasteiger partial charge on any atom is -0.349 e. The maximum absolute atomic E-state index is 13.1. The van der Waals surface area contributed by atoms with Crippen molar-refractivity contribution >= 4 is 17.5 Å². The molecule has 148 valence electrons. The molecule has 0 bridgehead atoms. The summed E-state index contributed by atoms with van der Waals surface area (Å²) in [5.74, 6) is -0.0297. The molecule has 2 amide bonds. The van der Waals surface area contributed by atoms with Gasteiger partial charge in [0.05, 0.1) is 11.5 Å². The van der Waals surface area contributed by atoms with Gasteiger partial charge in [-0.25, -0.2) is 0 Å². The molecule has 0 spiro atoms. The molecule has 1 atom stereocenters. The van der Waals surface area contributed by atoms with Crippen LogP contribution in [0.15, 0.2) is 48.5 Å². The molecule has 3 rings (SSSR count). The van der Waals surface area contributed by atoms with E-state index in [1.807, 2.05) is 31.2 Å². The van der Waals surface area contributed by atoms with Gasteiger partial charge >= 0.3 is 0 Å². The quantitative estimate of drug-likeness (QED) is 0.781. The average Bonchev–Trinajstić information content (AvgIpc) is 3.43. The number of hydrogen-bond donors (Lipinski definition) is 2. The van der Waals surface area contributed by atoms with Gasteiger partial charge in [-0.2, -0.15) is 0 Å². The first-order valence-corrected chi connectivity index (χ1v) is 9.91. The Kier molecular flexibility index (Phi) is 5.33. The lowest BCUT2D eigenvalue weighted by Crippen LogP contribution is -2.36. The highest BCUT2D eigenvalue weighted by molar-refractivity contribution is 5.91. The van der Waals surface area contributed by atoms with E-state index in [-0.39, 0.29) is 23.3 Å². The molecule has 0 unspecified atom stereocenters. The summed E-state index contributed by atoms with van der Waals surface area (Å²) >= 11 is 0. The Labute approximate surface area is 167 Å². The first kappa shape index (κ1) is 20.1. The van der Waals surface area contributed by atoms with E-state index in [4.69, 9.17) is 0 Å². The van der Waals surface area contributed by atoms with Gasteiger partial charge in [0.1, 0.15) is 0 Å². The molecule has 0 saturated heterocycles. The fraction of sp³-hybridized carbons (Fsp3) is 0.417. The van der Waals surface area contributed by atoms with Crippen LogP contribution < -0.4 is 10.6 Å². The lowest BCUT2D eigenvalue weighted by atomic mass is 9.84. The van der Waals surface area contributed by atoms with Crippen LogP contribution >= 0.6 is 0 Å². The predicted octanol–water partition coefficient (Wildman–Crippen LogP) is 4.85. The van der Waals surface area contributed by atoms with Crippen LogP contribution in [0.3, 0.4) is 0 Å². The van der Waals surface area contributed by atoms with E-state index in [9.17, 15) is 9.59 Å². The van der Waals surface area contributed by atoms with E-state index >= 15 is 0 Å². The lowest BCUT2D eigenvalue weighted by Gasteiger charge is -2.23. The van der Waals surface area contributed by atoms with Crippen LogP contribution in [0.1, 0.15) is 70.2 Å². The Balaban J connectivity index is 1.73. The largest absolute Gasteiger partial charge is 0.349 e. The summed E-state index contributed by atoms with van der Waals surface area (Å²) in [6, 6.07) is 16.0. The van der Waals surface area contributed by atoms with Crippen LogP contribution in [-0.2, 0) is 20.4 Å². The highest BCUT2D eigenvalue weighted by atomic mass is 16.2. The Morgan fingerprint density at radius 1 is 1.04 bits per heavy atom. The fourth-order valence-corrected chi connectivity index (χ4v) is 3.57. The molecule has 2 aromatic rings. The van der Waals surface area contributed by atoms with Crippen LogP contribution in [0, 0.1) is 0 Å². The van der Waals surface area contributed by atoms with Crippen molar-refractivity contribution in [3.63, 3.8) is 0 Å². The van der Waals surface area contributed by atoms with Gasteiger partial charge in [0.15, 0.2) is 0 Å². The monoisotopic (exact) mass is 378 g/mol. The highest BCUT2D eigenvalue weighted by Crippen LogP contribution is 2.49. The first-order valence-electron chi connectivity index (χ1n) is 9.91. The molecule has 2 N–H and O–H groups in total. The van der Waals surface area contributed by atoms with Crippen molar-refractivity contribution < 1.29 is 9.59 Å². The van der Waals surface area contributed by atoms with Gasteiger partial charge in [-0.1, -0.05) is 57.2 Å². The van der Waals surface area contributed by atoms with E-state index in [1.165, 1.54) is 12.5 Å². The molecule has 1 aliphatic rings. The van der Waals surface area contributed by atoms with E-state index in [2.05, 4.69) is 55.7 Å². The molecule has 0 aliphatic heterocycles. The molecule has 1 aliphatic carbocycles. The van der Waals surface area contributed by atoms with Crippen molar-refractivity contribution in [2.24, 2.45) is 0 Å². The second kappa shape index (κ2) is 7.42. The molecule has 4 heteroatoms. The third-order valence-corrected chi connectivity index (χ3v) is 5.54. The predicted molar refractivity (Wildman–Crippen MR) is 113 cm³/mol. The second-order valence-electron chi connectivity index (χ2n) is 8.91. The van der Waals surface area contributed by atoms with Crippen LogP contribution in [0.5, 0.6) is 0 Å². The molecule has 0 heterocycles. The summed E-state index contributed by atoms with van der Waals surface area (Å²) in [5, 5.41) is 5.96. The topological polar surface area (TPSA) is 58.2 Å². The van der Waals surface area contributed by atoms with Crippen molar-refractivity contribution in [3.8, 4) is 0 Å². The Morgan fingerprint density at radius 3 is 2.21 bits per heavy atom. The number of carbonyl (C=O) groups is 2. The van der Waals surface area contributed by atoms with Crippen molar-refractivity contribution in [2.75, 3.05) is 5.32 Å². The zero-order valence-electron chi connectivity index (χ0n) is 17.4. The molecule has 28 heavy (non-hydrogen) atoms. The van der Waals surface area contributed by atoms with Crippen molar-refractivity contribution in [1.29, 1.82) is 0 Å². The van der Waals surface area contributed by atoms with Crippen molar-refractivity contribution in [3.05, 3.63) is 65.2 Å². The number of amides is 2. The third-order valence-electron chi connectivity index (χ3n) is 5.54. The fourth-order valence-electron chi connectivity index (χ4n) is 3.57. The summed E-state index contributed by atoms with van der Waals surface area (Å²) < 4.78 is 0. The van der Waals surface area contributed by atoms with Gasteiger partial charge in [0.2, 0.25) is 11.8 Å². The summed E-state index contributed by atoms with van der Waals surface area (Å²) in [4.78, 5) is 24.3. The highest BCUT2D eigenvalue weighted by Gasteiger charge is 2.51. The van der Waals surface area contributed by atoms with E-state index < -0.39 is 5.41 Å². The maximum atomic E-state index is 13.1. The molecule has 1 saturated carbocycles. The molecular weight excluding hydrogens is 348 g/mol. The first-order chi connectivity index (χ1) is 13.1.